The molecule has 1 aromatic carbocycles. The van der Waals surface area contributed by atoms with Crippen molar-refractivity contribution in [2.24, 2.45) is 0 Å². The molecule has 0 radical (unpaired) electrons. The van der Waals surface area contributed by atoms with Gasteiger partial charge in [0.25, 0.3) is 5.56 Å². The molecule has 1 N–H and O–H groups in total. The summed E-state index contributed by atoms with van der Waals surface area (Å²) >= 11 is 1.23. The van der Waals surface area contributed by atoms with Gasteiger partial charge in [0.15, 0.2) is 5.16 Å². The summed E-state index contributed by atoms with van der Waals surface area (Å²) < 4.78 is 19.2. The molecule has 0 saturated carbocycles. The van der Waals surface area contributed by atoms with Crippen LogP contribution in [0.4, 0.5) is 4.39 Å². The number of aromatic nitrogens is 2. The minimum absolute atomic E-state index is 0.148. The molecule has 0 unspecified atom stereocenters. The van der Waals surface area contributed by atoms with Crippen LogP contribution < -0.4 is 10.3 Å². The standard InChI is InChI=1S/C15H14FN3O2S/c1-3-4-21-11-6-9(5-10(16)7-11)13-12(8-17)14(20)19-15(18-13)22-2/h5-7H,3-4H2,1-2H3,(H,18,19,20). The van der Waals surface area contributed by atoms with E-state index in [9.17, 15) is 9.18 Å². The normalized spacial score (nSPS) is 10.3. The molecule has 114 valence electrons. The Kier molecular flexibility index (Phi) is 5.17. The van der Waals surface area contributed by atoms with Gasteiger partial charge in [0.2, 0.25) is 0 Å². The third-order valence-electron chi connectivity index (χ3n) is 2.82. The molecular formula is C15H14FN3O2S. The number of aromatic amines is 1. The zero-order valence-corrected chi connectivity index (χ0v) is 13.0. The van der Waals surface area contributed by atoms with Crippen molar-refractivity contribution in [2.45, 2.75) is 18.5 Å². The molecule has 0 amide bonds. The lowest BCUT2D eigenvalue weighted by Crippen LogP contribution is -2.14. The van der Waals surface area contributed by atoms with Gasteiger partial charge in [-0.3, -0.25) is 4.79 Å². The lowest BCUT2D eigenvalue weighted by atomic mass is 10.1. The predicted octanol–water partition coefficient (Wildman–Crippen LogP) is 2.96. The van der Waals surface area contributed by atoms with Crippen molar-refractivity contribution in [1.29, 1.82) is 5.26 Å². The summed E-state index contributed by atoms with van der Waals surface area (Å²) in [5.41, 5.74) is -0.206. The zero-order valence-electron chi connectivity index (χ0n) is 12.1. The van der Waals surface area contributed by atoms with E-state index in [1.165, 1.54) is 23.9 Å². The van der Waals surface area contributed by atoms with Gasteiger partial charge in [-0.25, -0.2) is 9.37 Å². The van der Waals surface area contributed by atoms with Crippen molar-refractivity contribution in [3.8, 4) is 23.1 Å². The van der Waals surface area contributed by atoms with Crippen molar-refractivity contribution < 1.29 is 9.13 Å². The molecule has 1 heterocycles. The number of hydrogen-bond donors (Lipinski definition) is 1. The van der Waals surface area contributed by atoms with Crippen LogP contribution >= 0.6 is 11.8 Å². The Hall–Kier alpha value is -2.33. The van der Waals surface area contributed by atoms with Gasteiger partial charge in [-0.05, 0) is 24.8 Å². The second kappa shape index (κ2) is 7.09. The number of halogens is 1. The number of rotatable bonds is 5. The minimum atomic E-state index is -0.544. The van der Waals surface area contributed by atoms with E-state index in [4.69, 9.17) is 10.00 Å². The first-order chi connectivity index (χ1) is 10.6. The average molecular weight is 319 g/mol. The summed E-state index contributed by atoms with van der Waals surface area (Å²) in [6, 6.07) is 5.88. The molecule has 0 aliphatic heterocycles. The Morgan fingerprint density at radius 3 is 2.86 bits per heavy atom. The maximum atomic E-state index is 13.8. The van der Waals surface area contributed by atoms with Crippen molar-refractivity contribution in [1.82, 2.24) is 9.97 Å². The van der Waals surface area contributed by atoms with Crippen LogP contribution in [0.5, 0.6) is 5.75 Å². The maximum absolute atomic E-state index is 13.8. The highest BCUT2D eigenvalue weighted by atomic mass is 32.2. The van der Waals surface area contributed by atoms with E-state index in [-0.39, 0.29) is 11.3 Å². The van der Waals surface area contributed by atoms with Crippen molar-refractivity contribution in [3.63, 3.8) is 0 Å². The van der Waals surface area contributed by atoms with E-state index in [1.54, 1.807) is 12.3 Å². The van der Waals surface area contributed by atoms with Crippen LogP contribution in [0.2, 0.25) is 0 Å². The van der Waals surface area contributed by atoms with Gasteiger partial charge in [0.1, 0.15) is 23.2 Å². The van der Waals surface area contributed by atoms with Crippen LogP contribution in [0.15, 0.2) is 28.2 Å². The number of nitrogens with zero attached hydrogens (tertiary/aromatic N) is 2. The zero-order chi connectivity index (χ0) is 16.1. The molecule has 5 nitrogen and oxygen atoms in total. The monoisotopic (exact) mass is 319 g/mol. The molecule has 0 saturated heterocycles. The first kappa shape index (κ1) is 16.0. The minimum Gasteiger partial charge on any atom is -0.493 e. The van der Waals surface area contributed by atoms with E-state index < -0.39 is 11.4 Å². The quantitative estimate of drug-likeness (QED) is 0.677. The molecule has 0 fully saturated rings. The highest BCUT2D eigenvalue weighted by Gasteiger charge is 2.15. The van der Waals surface area contributed by atoms with Gasteiger partial charge in [0.05, 0.1) is 12.3 Å². The largest absolute Gasteiger partial charge is 0.493 e. The van der Waals surface area contributed by atoms with Crippen molar-refractivity contribution >= 4 is 11.8 Å². The molecular weight excluding hydrogens is 305 g/mol. The number of nitrogens with one attached hydrogen (secondary N) is 1. The van der Waals surface area contributed by atoms with Gasteiger partial charge >= 0.3 is 0 Å². The third kappa shape index (κ3) is 3.46. The number of nitriles is 1. The summed E-state index contributed by atoms with van der Waals surface area (Å²) in [7, 11) is 0. The fraction of sp³-hybridized carbons (Fsp3) is 0.267. The van der Waals surface area contributed by atoms with Crippen LogP contribution in [0.3, 0.4) is 0 Å². The second-order valence-corrected chi connectivity index (χ2v) is 5.23. The molecule has 0 spiro atoms. The van der Waals surface area contributed by atoms with Crippen LogP contribution in [-0.4, -0.2) is 22.8 Å². The Morgan fingerprint density at radius 2 is 2.23 bits per heavy atom. The van der Waals surface area contributed by atoms with Crippen LogP contribution in [0.25, 0.3) is 11.3 Å². The SMILES string of the molecule is CCCOc1cc(F)cc(-c2nc(SC)[nH]c(=O)c2C#N)c1. The van der Waals surface area contributed by atoms with E-state index >= 15 is 0 Å². The van der Waals surface area contributed by atoms with Gasteiger partial charge < -0.3 is 9.72 Å². The molecule has 1 aromatic heterocycles. The number of H-pyrrole nitrogens is 1. The molecule has 22 heavy (non-hydrogen) atoms. The molecule has 0 atom stereocenters. The average Bonchev–Trinajstić information content (AvgIpc) is 2.51. The Bertz CT molecular complexity index is 783. The molecule has 2 aromatic rings. The number of hydrogen-bond acceptors (Lipinski definition) is 5. The summed E-state index contributed by atoms with van der Waals surface area (Å²) in [4.78, 5) is 18.6. The van der Waals surface area contributed by atoms with Crippen LogP contribution in [0.1, 0.15) is 18.9 Å². The lowest BCUT2D eigenvalue weighted by Gasteiger charge is -2.09. The molecule has 0 aliphatic carbocycles. The van der Waals surface area contributed by atoms with Crippen LogP contribution in [-0.2, 0) is 0 Å². The van der Waals surface area contributed by atoms with E-state index in [2.05, 4.69) is 9.97 Å². The van der Waals surface area contributed by atoms with Gasteiger partial charge in [0, 0.05) is 11.6 Å². The fourth-order valence-electron chi connectivity index (χ4n) is 1.86. The predicted molar refractivity (Wildman–Crippen MR) is 82.5 cm³/mol. The van der Waals surface area contributed by atoms with Gasteiger partial charge in [-0.1, -0.05) is 18.7 Å². The second-order valence-electron chi connectivity index (χ2n) is 4.43. The fourth-order valence-corrected chi connectivity index (χ4v) is 2.24. The highest BCUT2D eigenvalue weighted by molar-refractivity contribution is 7.98. The first-order valence-corrected chi connectivity index (χ1v) is 7.83. The summed E-state index contributed by atoms with van der Waals surface area (Å²) in [5, 5.41) is 9.52. The summed E-state index contributed by atoms with van der Waals surface area (Å²) in [6.07, 6.45) is 2.53. The summed E-state index contributed by atoms with van der Waals surface area (Å²) in [6.45, 7) is 2.39. The molecule has 7 heteroatoms. The Morgan fingerprint density at radius 1 is 1.45 bits per heavy atom. The Labute approximate surface area is 131 Å². The van der Waals surface area contributed by atoms with Gasteiger partial charge in [-0.2, -0.15) is 5.26 Å². The molecule has 0 bridgehead atoms. The van der Waals surface area contributed by atoms with Crippen LogP contribution in [0, 0.1) is 17.1 Å². The van der Waals surface area contributed by atoms with E-state index in [1.807, 2.05) is 13.0 Å². The molecule has 2 rings (SSSR count). The smallest absolute Gasteiger partial charge is 0.270 e. The van der Waals surface area contributed by atoms with E-state index in [0.29, 0.717) is 23.1 Å². The lowest BCUT2D eigenvalue weighted by molar-refractivity contribution is 0.316. The summed E-state index contributed by atoms with van der Waals surface area (Å²) in [5.74, 6) is -0.172. The van der Waals surface area contributed by atoms with Crippen molar-refractivity contribution in [2.75, 3.05) is 12.9 Å². The first-order valence-electron chi connectivity index (χ1n) is 6.61. The number of benzene rings is 1. The molecule has 0 aliphatic rings. The number of thioether (sulfide) groups is 1. The number of ether oxygens (including phenoxy) is 1. The van der Waals surface area contributed by atoms with Crippen molar-refractivity contribution in [3.05, 3.63) is 39.9 Å². The topological polar surface area (TPSA) is 78.8 Å². The highest BCUT2D eigenvalue weighted by Crippen LogP contribution is 2.26. The third-order valence-corrected chi connectivity index (χ3v) is 3.40. The van der Waals surface area contributed by atoms with E-state index in [0.717, 1.165) is 6.42 Å². The Balaban J connectivity index is 2.60. The maximum Gasteiger partial charge on any atom is 0.270 e. The van der Waals surface area contributed by atoms with Gasteiger partial charge in [-0.15, -0.1) is 0 Å².